The number of carbonyl (C=O) groups excluding carboxylic acids is 1. The highest BCUT2D eigenvalue weighted by Gasteiger charge is 2.59. The third kappa shape index (κ3) is 3.44. The Bertz CT molecular complexity index is 638. The van der Waals surface area contributed by atoms with Gasteiger partial charge in [0.25, 0.3) is 0 Å². The van der Waals surface area contributed by atoms with Crippen LogP contribution in [-0.4, -0.2) is 61.8 Å². The summed E-state index contributed by atoms with van der Waals surface area (Å²) in [7, 11) is 3.14. The Labute approximate surface area is 155 Å². The van der Waals surface area contributed by atoms with E-state index in [0.717, 1.165) is 6.54 Å². The van der Waals surface area contributed by atoms with Crippen molar-refractivity contribution < 1.29 is 23.7 Å². The molecule has 0 saturated carbocycles. The molecule has 6 nitrogen and oxygen atoms in total. The summed E-state index contributed by atoms with van der Waals surface area (Å²) in [5.41, 5.74) is 1.21. The molecule has 0 aliphatic carbocycles. The van der Waals surface area contributed by atoms with E-state index in [1.54, 1.807) is 28.1 Å². The molecule has 0 radical (unpaired) electrons. The van der Waals surface area contributed by atoms with Crippen LogP contribution in [0.1, 0.15) is 26.3 Å². The molecule has 3 rings (SSSR count). The van der Waals surface area contributed by atoms with Gasteiger partial charge in [-0.05, 0) is 26.3 Å². The molecule has 144 valence electrons. The lowest BCUT2D eigenvalue weighted by Crippen LogP contribution is -2.70. The number of carbonyl (C=O) groups is 1. The molecule has 2 saturated heterocycles. The minimum atomic E-state index is -1.09. The van der Waals surface area contributed by atoms with Crippen molar-refractivity contribution in [2.75, 3.05) is 27.3 Å². The number of hydrogen-bond acceptors (Lipinski definition) is 6. The van der Waals surface area contributed by atoms with Gasteiger partial charge in [0.2, 0.25) is 11.6 Å². The topological polar surface area (TPSA) is 57.2 Å². The standard InChI is InChI=1S/C20H29NO5/c1-14(22)16-12-21(11-15-9-7-6-8-10-15)13-17-18(16)26-20(3,24-5)19(2,23-4)25-17/h6-10,16-18H,11-13H2,1-5H3/t16-,17-,18-,19+,20+/m1/s1. The van der Waals surface area contributed by atoms with Gasteiger partial charge in [-0.1, -0.05) is 30.3 Å². The monoisotopic (exact) mass is 363 g/mol. The van der Waals surface area contributed by atoms with E-state index >= 15 is 0 Å². The maximum absolute atomic E-state index is 12.3. The van der Waals surface area contributed by atoms with E-state index in [0.29, 0.717) is 13.1 Å². The van der Waals surface area contributed by atoms with Crippen LogP contribution in [0.25, 0.3) is 0 Å². The number of nitrogens with zero attached hydrogens (tertiary/aromatic N) is 1. The summed E-state index contributed by atoms with van der Waals surface area (Å²) in [6.45, 7) is 7.29. The normalized spacial score (nSPS) is 38.0. The first-order valence-corrected chi connectivity index (χ1v) is 9.04. The maximum Gasteiger partial charge on any atom is 0.220 e. The number of rotatable bonds is 5. The fourth-order valence-corrected chi connectivity index (χ4v) is 3.90. The molecule has 0 spiro atoms. The summed E-state index contributed by atoms with van der Waals surface area (Å²) in [6.07, 6.45) is -0.623. The summed E-state index contributed by atoms with van der Waals surface area (Å²) in [4.78, 5) is 14.6. The molecule has 1 aromatic rings. The van der Waals surface area contributed by atoms with E-state index in [1.165, 1.54) is 5.56 Å². The van der Waals surface area contributed by atoms with Crippen molar-refractivity contribution in [1.29, 1.82) is 0 Å². The van der Waals surface area contributed by atoms with E-state index in [2.05, 4.69) is 17.0 Å². The number of benzene rings is 1. The zero-order chi connectivity index (χ0) is 18.9. The molecule has 0 unspecified atom stereocenters. The molecule has 26 heavy (non-hydrogen) atoms. The van der Waals surface area contributed by atoms with Gasteiger partial charge in [-0.15, -0.1) is 0 Å². The van der Waals surface area contributed by atoms with Gasteiger partial charge < -0.3 is 18.9 Å². The molecule has 0 aromatic heterocycles. The van der Waals surface area contributed by atoms with Crippen molar-refractivity contribution >= 4 is 5.78 Å². The van der Waals surface area contributed by atoms with E-state index in [-0.39, 0.29) is 23.9 Å². The Hall–Kier alpha value is -1.31. The van der Waals surface area contributed by atoms with Crippen molar-refractivity contribution in [2.24, 2.45) is 5.92 Å². The van der Waals surface area contributed by atoms with Crippen LogP contribution in [0.4, 0.5) is 0 Å². The molecule has 5 atom stereocenters. The first kappa shape index (κ1) is 19.5. The van der Waals surface area contributed by atoms with Crippen LogP contribution >= 0.6 is 0 Å². The van der Waals surface area contributed by atoms with Gasteiger partial charge in [0, 0.05) is 33.9 Å². The van der Waals surface area contributed by atoms with Crippen molar-refractivity contribution in [2.45, 2.75) is 51.1 Å². The van der Waals surface area contributed by atoms with Crippen LogP contribution in [0.3, 0.4) is 0 Å². The number of hydrogen-bond donors (Lipinski definition) is 0. The largest absolute Gasteiger partial charge is 0.349 e. The van der Waals surface area contributed by atoms with Gasteiger partial charge >= 0.3 is 0 Å². The number of fused-ring (bicyclic) bond motifs is 1. The maximum atomic E-state index is 12.3. The van der Waals surface area contributed by atoms with Gasteiger partial charge in [0.15, 0.2) is 0 Å². The summed E-state index contributed by atoms with van der Waals surface area (Å²) < 4.78 is 23.8. The Balaban J connectivity index is 1.84. The smallest absolute Gasteiger partial charge is 0.220 e. The molecule has 2 fully saturated rings. The third-order valence-electron chi connectivity index (χ3n) is 5.77. The van der Waals surface area contributed by atoms with Crippen LogP contribution in [0, 0.1) is 5.92 Å². The predicted molar refractivity (Wildman–Crippen MR) is 96.5 cm³/mol. The molecule has 2 aliphatic rings. The number of ether oxygens (including phenoxy) is 4. The number of likely N-dealkylation sites (tertiary alicyclic amines) is 1. The molecule has 0 bridgehead atoms. The second-order valence-electron chi connectivity index (χ2n) is 7.44. The van der Waals surface area contributed by atoms with Gasteiger partial charge in [0.05, 0.1) is 12.0 Å². The molecule has 2 aliphatic heterocycles. The van der Waals surface area contributed by atoms with Gasteiger partial charge in [-0.25, -0.2) is 0 Å². The van der Waals surface area contributed by atoms with Crippen molar-refractivity contribution in [3.05, 3.63) is 35.9 Å². The number of piperidine rings is 1. The minimum absolute atomic E-state index is 0.0980. The van der Waals surface area contributed by atoms with Gasteiger partial charge in [-0.2, -0.15) is 0 Å². The first-order valence-electron chi connectivity index (χ1n) is 9.04. The molecule has 6 heteroatoms. The van der Waals surface area contributed by atoms with Crippen LogP contribution in [0.2, 0.25) is 0 Å². The Morgan fingerprint density at radius 1 is 1.12 bits per heavy atom. The summed E-state index contributed by atoms with van der Waals surface area (Å²) >= 11 is 0. The Morgan fingerprint density at radius 2 is 1.73 bits per heavy atom. The van der Waals surface area contributed by atoms with E-state index in [4.69, 9.17) is 18.9 Å². The van der Waals surface area contributed by atoms with E-state index < -0.39 is 11.6 Å². The summed E-state index contributed by atoms with van der Waals surface area (Å²) in [5, 5.41) is 0. The van der Waals surface area contributed by atoms with Crippen molar-refractivity contribution in [3.8, 4) is 0 Å². The SMILES string of the molecule is CO[C@@]1(C)O[C@@H]2[C@@H](C(C)=O)CN(Cc3ccccc3)C[C@H]2O[C@]1(C)OC. The van der Waals surface area contributed by atoms with E-state index in [1.807, 2.05) is 25.1 Å². The average Bonchev–Trinajstić information content (AvgIpc) is 2.63. The van der Waals surface area contributed by atoms with Crippen molar-refractivity contribution in [1.82, 2.24) is 4.90 Å². The second kappa shape index (κ2) is 7.37. The predicted octanol–water partition coefficient (Wildman–Crippen LogP) is 2.22. The van der Waals surface area contributed by atoms with E-state index in [9.17, 15) is 4.79 Å². The van der Waals surface area contributed by atoms with Crippen LogP contribution in [0.15, 0.2) is 30.3 Å². The molecular weight excluding hydrogens is 334 g/mol. The lowest BCUT2D eigenvalue weighted by Gasteiger charge is -2.56. The number of ketones is 1. The fourth-order valence-electron chi connectivity index (χ4n) is 3.90. The third-order valence-corrected chi connectivity index (χ3v) is 5.77. The number of Topliss-reactive ketones (excluding diaryl/α,β-unsaturated/α-hetero) is 1. The van der Waals surface area contributed by atoms with Crippen LogP contribution in [-0.2, 0) is 30.3 Å². The average molecular weight is 363 g/mol. The fraction of sp³-hybridized carbons (Fsp3) is 0.650. The summed E-state index contributed by atoms with van der Waals surface area (Å²) in [6, 6.07) is 10.2. The highest BCUT2D eigenvalue weighted by Crippen LogP contribution is 2.43. The Kier molecular flexibility index (Phi) is 5.51. The van der Waals surface area contributed by atoms with Gasteiger partial charge in [-0.3, -0.25) is 9.69 Å². The van der Waals surface area contributed by atoms with Crippen LogP contribution in [0.5, 0.6) is 0 Å². The quantitative estimate of drug-likeness (QED) is 0.800. The molecule has 0 amide bonds. The first-order chi connectivity index (χ1) is 12.3. The zero-order valence-electron chi connectivity index (χ0n) is 16.2. The van der Waals surface area contributed by atoms with Gasteiger partial charge in [0.1, 0.15) is 11.9 Å². The summed E-state index contributed by atoms with van der Waals surface area (Å²) in [5.74, 6) is -2.31. The highest BCUT2D eigenvalue weighted by atomic mass is 16.8. The lowest BCUT2D eigenvalue weighted by molar-refractivity contribution is -0.455. The lowest BCUT2D eigenvalue weighted by atomic mass is 9.86. The van der Waals surface area contributed by atoms with Crippen molar-refractivity contribution in [3.63, 3.8) is 0 Å². The second-order valence-corrected chi connectivity index (χ2v) is 7.44. The number of methoxy groups -OCH3 is 2. The zero-order valence-corrected chi connectivity index (χ0v) is 16.2. The molecular formula is C20H29NO5. The van der Waals surface area contributed by atoms with Crippen LogP contribution < -0.4 is 0 Å². The molecule has 1 aromatic carbocycles. The molecule has 2 heterocycles. The molecule has 0 N–H and O–H groups in total. The highest BCUT2D eigenvalue weighted by molar-refractivity contribution is 5.79. The minimum Gasteiger partial charge on any atom is -0.349 e. The Morgan fingerprint density at radius 3 is 2.31 bits per heavy atom.